The molecule has 0 fully saturated rings. The van der Waals surface area contributed by atoms with Gasteiger partial charge in [0.05, 0.1) is 12.0 Å². The highest BCUT2D eigenvalue weighted by Gasteiger charge is 2.37. The predicted octanol–water partition coefficient (Wildman–Crippen LogP) is 1.60. The maximum atomic E-state index is 12.0. The number of esters is 1. The Hall–Kier alpha value is -1.32. The number of aromatic nitrogens is 1. The van der Waals surface area contributed by atoms with Crippen LogP contribution in [0, 0.1) is 5.41 Å². The molecule has 0 saturated heterocycles. The van der Waals surface area contributed by atoms with E-state index in [1.807, 2.05) is 40.9 Å². The molecule has 1 rings (SSSR count). The first-order valence-corrected chi connectivity index (χ1v) is 6.79. The van der Waals surface area contributed by atoms with Crippen molar-refractivity contribution >= 4 is 19.3 Å². The summed E-state index contributed by atoms with van der Waals surface area (Å²) in [7, 11) is 2.02. The lowest BCUT2D eigenvalue weighted by atomic mass is 9.73. The number of carbonyl (C=O) groups is 1. The van der Waals surface area contributed by atoms with Crippen LogP contribution < -0.4 is 5.46 Å². The van der Waals surface area contributed by atoms with Crippen LogP contribution in [0.25, 0.3) is 0 Å². The van der Waals surface area contributed by atoms with Gasteiger partial charge >= 0.3 is 5.97 Å². The zero-order valence-electron chi connectivity index (χ0n) is 12.9. The van der Waals surface area contributed by atoms with Gasteiger partial charge in [-0.25, -0.2) is 0 Å². The van der Waals surface area contributed by atoms with Crippen molar-refractivity contribution in [2.75, 3.05) is 6.61 Å². The van der Waals surface area contributed by atoms with Crippen LogP contribution in [-0.4, -0.2) is 25.4 Å². The van der Waals surface area contributed by atoms with E-state index >= 15 is 0 Å². The highest BCUT2D eigenvalue weighted by molar-refractivity contribution is 6.32. The number of hydrogen-bond acceptors (Lipinski definition) is 3. The Labute approximate surface area is 117 Å². The van der Waals surface area contributed by atoms with Gasteiger partial charge < -0.3 is 4.74 Å². The van der Waals surface area contributed by atoms with Gasteiger partial charge in [0, 0.05) is 17.3 Å². The summed E-state index contributed by atoms with van der Waals surface area (Å²) in [6, 6.07) is 4.10. The van der Waals surface area contributed by atoms with Gasteiger partial charge in [0.25, 0.3) is 0 Å². The standard InChI is InChI=1S/C15H24BNO2/c1-6-19-13(18)15(4,5)10-14(2,3)12-8-7-11(16)9-17-12/h7-9H,6,10,16H2,1-5H3. The average molecular weight is 261 g/mol. The zero-order valence-corrected chi connectivity index (χ0v) is 12.9. The first-order chi connectivity index (χ1) is 8.69. The normalized spacial score (nSPS) is 12.3. The number of nitrogens with zero attached hydrogens (tertiary/aromatic N) is 1. The molecule has 0 amide bonds. The molecule has 104 valence electrons. The third kappa shape index (κ3) is 4.08. The van der Waals surface area contributed by atoms with Crippen molar-refractivity contribution < 1.29 is 9.53 Å². The van der Waals surface area contributed by atoms with Crippen molar-refractivity contribution in [3.05, 3.63) is 24.0 Å². The number of pyridine rings is 1. The van der Waals surface area contributed by atoms with Crippen LogP contribution >= 0.6 is 0 Å². The molecule has 0 bridgehead atoms. The second kappa shape index (κ2) is 5.76. The van der Waals surface area contributed by atoms with E-state index < -0.39 is 5.41 Å². The summed E-state index contributed by atoms with van der Waals surface area (Å²) in [6.07, 6.45) is 2.57. The lowest BCUT2D eigenvalue weighted by Crippen LogP contribution is -2.34. The third-order valence-corrected chi connectivity index (χ3v) is 3.32. The highest BCUT2D eigenvalue weighted by Crippen LogP contribution is 2.36. The number of hydrogen-bond donors (Lipinski definition) is 0. The summed E-state index contributed by atoms with van der Waals surface area (Å²) in [5.41, 5.74) is 1.48. The number of ether oxygens (including phenoxy) is 1. The smallest absolute Gasteiger partial charge is 0.311 e. The summed E-state index contributed by atoms with van der Waals surface area (Å²) in [5.74, 6) is -0.143. The van der Waals surface area contributed by atoms with E-state index in [9.17, 15) is 4.79 Å². The van der Waals surface area contributed by atoms with Gasteiger partial charge in [-0.1, -0.05) is 25.4 Å². The Morgan fingerprint density at radius 2 is 1.95 bits per heavy atom. The maximum Gasteiger partial charge on any atom is 0.311 e. The fourth-order valence-corrected chi connectivity index (χ4v) is 2.46. The predicted molar refractivity (Wildman–Crippen MR) is 80.5 cm³/mol. The van der Waals surface area contributed by atoms with E-state index in [0.717, 1.165) is 11.2 Å². The van der Waals surface area contributed by atoms with E-state index in [1.165, 1.54) is 0 Å². The lowest BCUT2D eigenvalue weighted by Gasteiger charge is -2.33. The molecular formula is C15H24BNO2. The van der Waals surface area contributed by atoms with Crippen LogP contribution in [0.1, 0.15) is 46.7 Å². The van der Waals surface area contributed by atoms with Crippen molar-refractivity contribution in [1.82, 2.24) is 4.98 Å². The van der Waals surface area contributed by atoms with Crippen LogP contribution in [0.5, 0.6) is 0 Å². The molecule has 4 heteroatoms. The van der Waals surface area contributed by atoms with Crippen LogP contribution in [0.4, 0.5) is 0 Å². The van der Waals surface area contributed by atoms with Gasteiger partial charge in [-0.15, -0.1) is 0 Å². The average Bonchev–Trinajstić information content (AvgIpc) is 2.28. The summed E-state index contributed by atoms with van der Waals surface area (Å²) < 4.78 is 5.15. The van der Waals surface area contributed by atoms with Crippen LogP contribution in [0.15, 0.2) is 18.3 Å². The third-order valence-electron chi connectivity index (χ3n) is 3.32. The summed E-state index contributed by atoms with van der Waals surface area (Å²) >= 11 is 0. The minimum atomic E-state index is -0.508. The Morgan fingerprint density at radius 3 is 2.42 bits per heavy atom. The minimum Gasteiger partial charge on any atom is -0.466 e. The Kier molecular flexibility index (Phi) is 4.78. The summed E-state index contributed by atoms with van der Waals surface area (Å²) in [5, 5.41) is 0. The molecule has 0 saturated carbocycles. The van der Waals surface area contributed by atoms with Gasteiger partial charge in [0.1, 0.15) is 7.85 Å². The monoisotopic (exact) mass is 261 g/mol. The molecule has 0 unspecified atom stereocenters. The van der Waals surface area contributed by atoms with Gasteiger partial charge in [-0.05, 0) is 33.3 Å². The van der Waals surface area contributed by atoms with Gasteiger partial charge in [-0.3, -0.25) is 9.78 Å². The molecule has 0 atom stereocenters. The van der Waals surface area contributed by atoms with Gasteiger partial charge in [-0.2, -0.15) is 0 Å². The second-order valence-corrected chi connectivity index (χ2v) is 6.39. The Bertz CT molecular complexity index is 438. The van der Waals surface area contributed by atoms with E-state index in [0.29, 0.717) is 13.0 Å². The molecule has 0 spiro atoms. The number of rotatable bonds is 5. The van der Waals surface area contributed by atoms with E-state index in [2.05, 4.69) is 24.9 Å². The molecule has 3 nitrogen and oxygen atoms in total. The highest BCUT2D eigenvalue weighted by atomic mass is 16.5. The molecule has 0 radical (unpaired) electrons. The Balaban J connectivity index is 2.89. The molecular weight excluding hydrogens is 237 g/mol. The molecule has 1 aromatic rings. The minimum absolute atomic E-state index is 0.143. The van der Waals surface area contributed by atoms with E-state index in [1.54, 1.807) is 0 Å². The quantitative estimate of drug-likeness (QED) is 0.597. The maximum absolute atomic E-state index is 12.0. The van der Waals surface area contributed by atoms with Crippen molar-refractivity contribution in [1.29, 1.82) is 0 Å². The van der Waals surface area contributed by atoms with E-state index in [-0.39, 0.29) is 11.4 Å². The molecule has 0 aliphatic heterocycles. The SMILES string of the molecule is Bc1ccc(C(C)(C)CC(C)(C)C(=O)OCC)nc1. The topological polar surface area (TPSA) is 39.2 Å². The Morgan fingerprint density at radius 1 is 1.32 bits per heavy atom. The molecule has 0 N–H and O–H groups in total. The van der Waals surface area contributed by atoms with Crippen molar-refractivity contribution in [2.45, 2.75) is 46.5 Å². The molecule has 0 aliphatic rings. The second-order valence-electron chi connectivity index (χ2n) is 6.39. The summed E-state index contributed by atoms with van der Waals surface area (Å²) in [6.45, 7) is 10.4. The first-order valence-electron chi connectivity index (χ1n) is 6.79. The molecule has 19 heavy (non-hydrogen) atoms. The fraction of sp³-hybridized carbons (Fsp3) is 0.600. The lowest BCUT2D eigenvalue weighted by molar-refractivity contribution is -0.154. The van der Waals surface area contributed by atoms with Crippen molar-refractivity contribution in [2.24, 2.45) is 5.41 Å². The van der Waals surface area contributed by atoms with Crippen molar-refractivity contribution in [3.8, 4) is 0 Å². The molecule has 0 aliphatic carbocycles. The molecule has 1 aromatic heterocycles. The number of carbonyl (C=O) groups excluding carboxylic acids is 1. The summed E-state index contributed by atoms with van der Waals surface area (Å²) in [4.78, 5) is 16.5. The van der Waals surface area contributed by atoms with Crippen LogP contribution in [0.2, 0.25) is 0 Å². The van der Waals surface area contributed by atoms with Crippen LogP contribution in [-0.2, 0) is 14.9 Å². The van der Waals surface area contributed by atoms with E-state index in [4.69, 9.17) is 4.74 Å². The molecule has 0 aromatic carbocycles. The molecule has 1 heterocycles. The largest absolute Gasteiger partial charge is 0.466 e. The zero-order chi connectivity index (χ0) is 14.7. The van der Waals surface area contributed by atoms with Crippen molar-refractivity contribution in [3.63, 3.8) is 0 Å². The van der Waals surface area contributed by atoms with Crippen LogP contribution in [0.3, 0.4) is 0 Å². The first kappa shape index (κ1) is 15.7. The van der Waals surface area contributed by atoms with Gasteiger partial charge in [0.15, 0.2) is 0 Å². The van der Waals surface area contributed by atoms with Gasteiger partial charge in [0.2, 0.25) is 0 Å². The fourth-order valence-electron chi connectivity index (χ4n) is 2.46.